The van der Waals surface area contributed by atoms with Crippen LogP contribution in [0.25, 0.3) is 11.1 Å². The second-order valence-corrected chi connectivity index (χ2v) is 6.48. The van der Waals surface area contributed by atoms with Gasteiger partial charge in [-0.2, -0.15) is 0 Å². The average molecular weight is 296 g/mol. The minimum absolute atomic E-state index is 0.650. The molecule has 0 aliphatic carbocycles. The van der Waals surface area contributed by atoms with Gasteiger partial charge in [0.05, 0.1) is 0 Å². The quantitative estimate of drug-likeness (QED) is 0.838. The van der Waals surface area contributed by atoms with Gasteiger partial charge < -0.3 is 10.6 Å². The van der Waals surface area contributed by atoms with E-state index < -0.39 is 0 Å². The molecule has 22 heavy (non-hydrogen) atoms. The molecule has 2 aromatic carbocycles. The molecule has 0 spiro atoms. The molecule has 0 fully saturated rings. The molecule has 0 amide bonds. The zero-order valence-electron chi connectivity index (χ0n) is 14.0. The van der Waals surface area contributed by atoms with Crippen LogP contribution in [0.5, 0.6) is 0 Å². The highest BCUT2D eigenvalue weighted by atomic mass is 15.0. The van der Waals surface area contributed by atoms with Crippen molar-refractivity contribution in [2.45, 2.75) is 26.3 Å². The fourth-order valence-corrected chi connectivity index (χ4v) is 2.89. The summed E-state index contributed by atoms with van der Waals surface area (Å²) < 4.78 is 0. The standard InChI is InChI=1S/C20H28N2/c1-16(12-13-21)14-17-8-10-18(11-9-17)20-7-5-4-6-19(20)15-22(2)3/h4-11,16H,12-15,21H2,1-3H3. The summed E-state index contributed by atoms with van der Waals surface area (Å²) in [6.07, 6.45) is 2.20. The van der Waals surface area contributed by atoms with Crippen LogP contribution in [0.3, 0.4) is 0 Å². The number of nitrogens with two attached hydrogens (primary N) is 1. The van der Waals surface area contributed by atoms with Crippen LogP contribution in [0.4, 0.5) is 0 Å². The van der Waals surface area contributed by atoms with Gasteiger partial charge in [0.2, 0.25) is 0 Å². The van der Waals surface area contributed by atoms with E-state index in [1.165, 1.54) is 22.3 Å². The second-order valence-electron chi connectivity index (χ2n) is 6.48. The Kier molecular flexibility index (Phi) is 6.17. The van der Waals surface area contributed by atoms with Gasteiger partial charge in [-0.1, -0.05) is 55.5 Å². The highest BCUT2D eigenvalue weighted by molar-refractivity contribution is 5.67. The first-order valence-corrected chi connectivity index (χ1v) is 8.12. The Bertz CT molecular complexity index is 573. The van der Waals surface area contributed by atoms with E-state index in [1.54, 1.807) is 0 Å². The number of benzene rings is 2. The van der Waals surface area contributed by atoms with E-state index in [2.05, 4.69) is 74.4 Å². The van der Waals surface area contributed by atoms with Crippen LogP contribution in [-0.2, 0) is 13.0 Å². The Labute approximate surface area is 135 Å². The molecule has 0 saturated carbocycles. The smallest absolute Gasteiger partial charge is 0.0233 e. The van der Waals surface area contributed by atoms with Gasteiger partial charge in [0.25, 0.3) is 0 Å². The maximum Gasteiger partial charge on any atom is 0.0233 e. The average Bonchev–Trinajstić information content (AvgIpc) is 2.48. The molecule has 2 N–H and O–H groups in total. The van der Waals surface area contributed by atoms with Crippen molar-refractivity contribution in [3.8, 4) is 11.1 Å². The van der Waals surface area contributed by atoms with E-state index >= 15 is 0 Å². The van der Waals surface area contributed by atoms with Crippen LogP contribution in [0.1, 0.15) is 24.5 Å². The van der Waals surface area contributed by atoms with Crippen molar-refractivity contribution in [2.75, 3.05) is 20.6 Å². The summed E-state index contributed by atoms with van der Waals surface area (Å²) in [5.74, 6) is 0.650. The minimum atomic E-state index is 0.650. The lowest BCUT2D eigenvalue weighted by Gasteiger charge is -2.15. The Balaban J connectivity index is 2.17. The molecule has 1 atom stereocenters. The molecule has 2 aromatic rings. The number of hydrogen-bond acceptors (Lipinski definition) is 2. The summed E-state index contributed by atoms with van der Waals surface area (Å²) in [6.45, 7) is 4.01. The lowest BCUT2D eigenvalue weighted by atomic mass is 9.94. The third kappa shape index (κ3) is 4.69. The Morgan fingerprint density at radius 3 is 2.32 bits per heavy atom. The molecule has 118 valence electrons. The summed E-state index contributed by atoms with van der Waals surface area (Å²) in [4.78, 5) is 2.21. The van der Waals surface area contributed by atoms with E-state index in [1.807, 2.05) is 0 Å². The largest absolute Gasteiger partial charge is 0.330 e. The zero-order valence-corrected chi connectivity index (χ0v) is 14.0. The van der Waals surface area contributed by atoms with E-state index in [-0.39, 0.29) is 0 Å². The minimum Gasteiger partial charge on any atom is -0.330 e. The van der Waals surface area contributed by atoms with Crippen LogP contribution in [0, 0.1) is 5.92 Å². The van der Waals surface area contributed by atoms with Crippen LogP contribution < -0.4 is 5.73 Å². The molecule has 0 radical (unpaired) electrons. The van der Waals surface area contributed by atoms with Crippen molar-refractivity contribution in [1.29, 1.82) is 0 Å². The van der Waals surface area contributed by atoms with Crippen molar-refractivity contribution in [2.24, 2.45) is 11.7 Å². The van der Waals surface area contributed by atoms with Crippen LogP contribution in [-0.4, -0.2) is 25.5 Å². The predicted molar refractivity (Wildman–Crippen MR) is 95.8 cm³/mol. The fourth-order valence-electron chi connectivity index (χ4n) is 2.89. The molecule has 0 aromatic heterocycles. The van der Waals surface area contributed by atoms with E-state index in [9.17, 15) is 0 Å². The molecule has 2 heteroatoms. The van der Waals surface area contributed by atoms with Gasteiger partial charge in [0.15, 0.2) is 0 Å². The summed E-state index contributed by atoms with van der Waals surface area (Å²) in [5.41, 5.74) is 11.0. The van der Waals surface area contributed by atoms with Crippen molar-refractivity contribution in [1.82, 2.24) is 4.90 Å². The topological polar surface area (TPSA) is 29.3 Å². The Morgan fingerprint density at radius 1 is 1.00 bits per heavy atom. The predicted octanol–water partition coefficient (Wildman–Crippen LogP) is 3.94. The molecule has 1 unspecified atom stereocenters. The maximum atomic E-state index is 5.64. The van der Waals surface area contributed by atoms with Crippen molar-refractivity contribution in [3.05, 3.63) is 59.7 Å². The SMILES string of the molecule is CC(CCN)Cc1ccc(-c2ccccc2CN(C)C)cc1. The van der Waals surface area contributed by atoms with Gasteiger partial charge >= 0.3 is 0 Å². The maximum absolute atomic E-state index is 5.64. The molecular formula is C20H28N2. The zero-order chi connectivity index (χ0) is 15.9. The van der Waals surface area contributed by atoms with E-state index in [0.29, 0.717) is 5.92 Å². The molecule has 0 saturated heterocycles. The van der Waals surface area contributed by atoms with Gasteiger partial charge in [-0.25, -0.2) is 0 Å². The first-order chi connectivity index (χ1) is 10.6. The lowest BCUT2D eigenvalue weighted by Crippen LogP contribution is -2.11. The monoisotopic (exact) mass is 296 g/mol. The van der Waals surface area contributed by atoms with Gasteiger partial charge in [-0.05, 0) is 61.7 Å². The van der Waals surface area contributed by atoms with Crippen molar-refractivity contribution in [3.63, 3.8) is 0 Å². The summed E-state index contributed by atoms with van der Waals surface area (Å²) in [7, 11) is 4.22. The van der Waals surface area contributed by atoms with Crippen molar-refractivity contribution < 1.29 is 0 Å². The number of rotatable bonds is 7. The first kappa shape index (κ1) is 16.7. The number of nitrogens with zero attached hydrogens (tertiary/aromatic N) is 1. The molecule has 2 nitrogen and oxygen atoms in total. The first-order valence-electron chi connectivity index (χ1n) is 8.12. The molecule has 0 aliphatic heterocycles. The van der Waals surface area contributed by atoms with E-state index in [0.717, 1.165) is 25.9 Å². The Hall–Kier alpha value is -1.64. The molecule has 0 aliphatic rings. The van der Waals surface area contributed by atoms with Gasteiger partial charge in [-0.15, -0.1) is 0 Å². The van der Waals surface area contributed by atoms with Gasteiger partial charge in [-0.3, -0.25) is 0 Å². The molecular weight excluding hydrogens is 268 g/mol. The Morgan fingerprint density at radius 2 is 1.68 bits per heavy atom. The molecule has 2 rings (SSSR count). The highest BCUT2D eigenvalue weighted by Gasteiger charge is 2.07. The van der Waals surface area contributed by atoms with E-state index in [4.69, 9.17) is 5.73 Å². The second kappa shape index (κ2) is 8.11. The summed E-state index contributed by atoms with van der Waals surface area (Å²) in [5, 5.41) is 0. The fraction of sp³-hybridized carbons (Fsp3) is 0.400. The summed E-state index contributed by atoms with van der Waals surface area (Å²) in [6, 6.07) is 17.7. The normalized spacial score (nSPS) is 12.6. The van der Waals surface area contributed by atoms with Crippen molar-refractivity contribution >= 4 is 0 Å². The third-order valence-electron chi connectivity index (χ3n) is 4.01. The van der Waals surface area contributed by atoms with Crippen LogP contribution >= 0.6 is 0 Å². The lowest BCUT2D eigenvalue weighted by molar-refractivity contribution is 0.403. The molecule has 0 bridgehead atoms. The van der Waals surface area contributed by atoms with Crippen LogP contribution in [0.15, 0.2) is 48.5 Å². The molecule has 0 heterocycles. The van der Waals surface area contributed by atoms with Gasteiger partial charge in [0, 0.05) is 6.54 Å². The van der Waals surface area contributed by atoms with Crippen LogP contribution in [0.2, 0.25) is 0 Å². The number of hydrogen-bond donors (Lipinski definition) is 1. The third-order valence-corrected chi connectivity index (χ3v) is 4.01. The van der Waals surface area contributed by atoms with Gasteiger partial charge in [0.1, 0.15) is 0 Å². The highest BCUT2D eigenvalue weighted by Crippen LogP contribution is 2.25. The summed E-state index contributed by atoms with van der Waals surface area (Å²) >= 11 is 0.